The van der Waals surface area contributed by atoms with Crippen molar-refractivity contribution in [3.63, 3.8) is 0 Å². The van der Waals surface area contributed by atoms with Crippen LogP contribution >= 0.6 is 11.8 Å². The molecule has 110 valence electrons. The van der Waals surface area contributed by atoms with Gasteiger partial charge in [-0.05, 0) is 30.3 Å². The molecule has 3 nitrogen and oxygen atoms in total. The van der Waals surface area contributed by atoms with Crippen molar-refractivity contribution in [2.75, 3.05) is 12.3 Å². The fourth-order valence-corrected chi connectivity index (χ4v) is 2.66. The molecule has 2 aromatic rings. The van der Waals surface area contributed by atoms with Crippen LogP contribution in [0.15, 0.2) is 53.4 Å². The van der Waals surface area contributed by atoms with E-state index in [1.807, 2.05) is 30.3 Å². The highest BCUT2D eigenvalue weighted by atomic mass is 32.2. The van der Waals surface area contributed by atoms with Crippen LogP contribution in [-0.2, 0) is 6.54 Å². The summed E-state index contributed by atoms with van der Waals surface area (Å²) in [5.41, 5.74) is 0.478. The zero-order valence-electron chi connectivity index (χ0n) is 11.4. The summed E-state index contributed by atoms with van der Waals surface area (Å²) in [6.07, 6.45) is 0. The van der Waals surface area contributed by atoms with Crippen LogP contribution in [-0.4, -0.2) is 23.4 Å². The van der Waals surface area contributed by atoms with Gasteiger partial charge in [-0.15, -0.1) is 11.8 Å². The molecule has 0 unspecified atom stereocenters. The van der Waals surface area contributed by atoms with Crippen molar-refractivity contribution >= 4 is 17.7 Å². The van der Waals surface area contributed by atoms with Crippen LogP contribution in [0.5, 0.6) is 0 Å². The summed E-state index contributed by atoms with van der Waals surface area (Å²) < 4.78 is 13.6. The van der Waals surface area contributed by atoms with Gasteiger partial charge in [0.25, 0.3) is 0 Å². The zero-order chi connectivity index (χ0) is 15.1. The van der Waals surface area contributed by atoms with E-state index in [0.717, 1.165) is 12.3 Å². The van der Waals surface area contributed by atoms with Gasteiger partial charge < -0.3 is 10.4 Å². The summed E-state index contributed by atoms with van der Waals surface area (Å²) >= 11 is 1.72. The third-order valence-electron chi connectivity index (χ3n) is 2.90. The molecule has 5 heteroatoms. The van der Waals surface area contributed by atoms with Gasteiger partial charge in [-0.3, -0.25) is 0 Å². The molecule has 0 aliphatic heterocycles. The number of nitrogens with one attached hydrogen (secondary N) is 1. The van der Waals surface area contributed by atoms with Crippen molar-refractivity contribution in [2.45, 2.75) is 11.4 Å². The van der Waals surface area contributed by atoms with Crippen molar-refractivity contribution in [3.8, 4) is 0 Å². The molecule has 0 aromatic heterocycles. The van der Waals surface area contributed by atoms with Crippen molar-refractivity contribution in [1.82, 2.24) is 5.32 Å². The first-order chi connectivity index (χ1) is 10.2. The lowest BCUT2D eigenvalue weighted by Crippen LogP contribution is -2.17. The second-order valence-corrected chi connectivity index (χ2v) is 5.62. The largest absolute Gasteiger partial charge is 0.478 e. The predicted octanol–water partition coefficient (Wildman–Crippen LogP) is 3.41. The number of aromatic carboxylic acids is 1. The summed E-state index contributed by atoms with van der Waals surface area (Å²) in [6, 6.07) is 13.9. The summed E-state index contributed by atoms with van der Waals surface area (Å²) in [5, 5.41) is 12.0. The van der Waals surface area contributed by atoms with Gasteiger partial charge in [0, 0.05) is 29.3 Å². The van der Waals surface area contributed by atoms with E-state index in [0.29, 0.717) is 12.1 Å². The molecule has 21 heavy (non-hydrogen) atoms. The summed E-state index contributed by atoms with van der Waals surface area (Å²) in [5.74, 6) is -0.566. The zero-order valence-corrected chi connectivity index (χ0v) is 12.2. The summed E-state index contributed by atoms with van der Waals surface area (Å²) in [4.78, 5) is 12.0. The lowest BCUT2D eigenvalue weighted by molar-refractivity contribution is 0.0696. The molecule has 0 spiro atoms. The lowest BCUT2D eigenvalue weighted by Gasteiger charge is -2.07. The first-order valence-electron chi connectivity index (χ1n) is 6.57. The third-order valence-corrected chi connectivity index (χ3v) is 3.91. The smallest absolute Gasteiger partial charge is 0.335 e. The number of rotatable bonds is 7. The molecular weight excluding hydrogens is 289 g/mol. The van der Waals surface area contributed by atoms with Crippen LogP contribution in [0.2, 0.25) is 0 Å². The number of hydrogen-bond acceptors (Lipinski definition) is 3. The Morgan fingerprint density at radius 3 is 2.67 bits per heavy atom. The number of benzene rings is 2. The molecule has 2 aromatic carbocycles. The number of carbonyl (C=O) groups is 1. The molecule has 0 aliphatic rings. The molecule has 0 radical (unpaired) electrons. The van der Waals surface area contributed by atoms with E-state index in [9.17, 15) is 9.18 Å². The lowest BCUT2D eigenvalue weighted by atomic mass is 10.1. The van der Waals surface area contributed by atoms with E-state index >= 15 is 0 Å². The van der Waals surface area contributed by atoms with Crippen LogP contribution in [0.3, 0.4) is 0 Å². The second-order valence-electron chi connectivity index (χ2n) is 4.45. The van der Waals surface area contributed by atoms with E-state index in [2.05, 4.69) is 5.32 Å². The Morgan fingerprint density at radius 2 is 1.95 bits per heavy atom. The van der Waals surface area contributed by atoms with Gasteiger partial charge in [-0.2, -0.15) is 0 Å². The average Bonchev–Trinajstić information content (AvgIpc) is 2.49. The number of halogens is 1. The first-order valence-corrected chi connectivity index (χ1v) is 7.55. The maximum absolute atomic E-state index is 13.6. The van der Waals surface area contributed by atoms with Crippen LogP contribution in [0.25, 0.3) is 0 Å². The van der Waals surface area contributed by atoms with Crippen LogP contribution in [0, 0.1) is 5.82 Å². The van der Waals surface area contributed by atoms with E-state index in [4.69, 9.17) is 5.11 Å². The van der Waals surface area contributed by atoms with E-state index < -0.39 is 5.97 Å². The third kappa shape index (κ3) is 4.88. The molecule has 0 amide bonds. The van der Waals surface area contributed by atoms with Gasteiger partial charge in [0.15, 0.2) is 0 Å². The summed E-state index contributed by atoms with van der Waals surface area (Å²) in [6.45, 7) is 1.04. The minimum atomic E-state index is -1.05. The van der Waals surface area contributed by atoms with Gasteiger partial charge in [-0.1, -0.05) is 18.2 Å². The molecule has 2 rings (SSSR count). The highest BCUT2D eigenvalue weighted by Gasteiger charge is 2.07. The molecule has 0 saturated carbocycles. The first kappa shape index (κ1) is 15.5. The standard InChI is InChI=1S/C16H16FNO2S/c17-15-7-6-12(16(19)20)10-13(15)11-18-8-9-21-14-4-2-1-3-5-14/h1-7,10,18H,8-9,11H2,(H,19,20). The minimum Gasteiger partial charge on any atom is -0.478 e. The van der Waals surface area contributed by atoms with E-state index in [1.54, 1.807) is 11.8 Å². The number of carboxylic acid groups (broad SMARTS) is 1. The maximum atomic E-state index is 13.6. The number of carboxylic acids is 1. The fraction of sp³-hybridized carbons (Fsp3) is 0.188. The Hall–Kier alpha value is -1.85. The van der Waals surface area contributed by atoms with Crippen molar-refractivity contribution in [3.05, 3.63) is 65.5 Å². The molecule has 0 atom stereocenters. The molecule has 0 fully saturated rings. The Balaban J connectivity index is 1.78. The molecule has 0 saturated heterocycles. The Labute approximate surface area is 127 Å². The van der Waals surface area contributed by atoms with Gasteiger partial charge >= 0.3 is 5.97 Å². The fourth-order valence-electron chi connectivity index (χ4n) is 1.82. The Kier molecular flexibility index (Phi) is 5.78. The van der Waals surface area contributed by atoms with Crippen LogP contribution in [0.1, 0.15) is 15.9 Å². The SMILES string of the molecule is O=C(O)c1ccc(F)c(CNCCSc2ccccc2)c1. The quantitative estimate of drug-likeness (QED) is 0.608. The van der Waals surface area contributed by atoms with Crippen molar-refractivity contribution < 1.29 is 14.3 Å². The molecule has 0 aliphatic carbocycles. The van der Waals surface area contributed by atoms with Crippen LogP contribution in [0.4, 0.5) is 4.39 Å². The molecule has 0 bridgehead atoms. The average molecular weight is 305 g/mol. The monoisotopic (exact) mass is 305 g/mol. The highest BCUT2D eigenvalue weighted by Crippen LogP contribution is 2.16. The Morgan fingerprint density at radius 1 is 1.19 bits per heavy atom. The van der Waals surface area contributed by atoms with Crippen molar-refractivity contribution in [1.29, 1.82) is 0 Å². The molecule has 0 heterocycles. The maximum Gasteiger partial charge on any atom is 0.335 e. The van der Waals surface area contributed by atoms with Gasteiger partial charge in [0.2, 0.25) is 0 Å². The molecule has 2 N–H and O–H groups in total. The molecular formula is C16H16FNO2S. The Bertz CT molecular complexity index is 604. The number of hydrogen-bond donors (Lipinski definition) is 2. The highest BCUT2D eigenvalue weighted by molar-refractivity contribution is 7.99. The number of thioether (sulfide) groups is 1. The van der Waals surface area contributed by atoms with Crippen LogP contribution < -0.4 is 5.32 Å². The van der Waals surface area contributed by atoms with Gasteiger partial charge in [0.1, 0.15) is 5.82 Å². The van der Waals surface area contributed by atoms with E-state index in [1.165, 1.54) is 23.1 Å². The predicted molar refractivity (Wildman–Crippen MR) is 82.2 cm³/mol. The summed E-state index contributed by atoms with van der Waals surface area (Å²) in [7, 11) is 0. The van der Waals surface area contributed by atoms with Gasteiger partial charge in [-0.25, -0.2) is 9.18 Å². The second kappa shape index (κ2) is 7.81. The topological polar surface area (TPSA) is 49.3 Å². The van der Waals surface area contributed by atoms with Crippen molar-refractivity contribution in [2.24, 2.45) is 0 Å². The van der Waals surface area contributed by atoms with Gasteiger partial charge in [0.05, 0.1) is 5.56 Å². The normalized spacial score (nSPS) is 10.5. The van der Waals surface area contributed by atoms with E-state index in [-0.39, 0.29) is 11.4 Å². The minimum absolute atomic E-state index is 0.104.